The third-order valence-corrected chi connectivity index (χ3v) is 5.51. The second-order valence-corrected chi connectivity index (χ2v) is 12.9. The third kappa shape index (κ3) is 4.53. The normalized spacial score (nSPS) is 14.0. The van der Waals surface area contributed by atoms with E-state index in [1.54, 1.807) is 12.1 Å². The molecule has 0 aliphatic carbocycles. The topological polar surface area (TPSA) is 17.2 Å². The zero-order valence-corrected chi connectivity index (χ0v) is 15.9. The molecule has 0 N–H and O–H groups in total. The molecule has 2 nitrogen and oxygen atoms in total. The van der Waals surface area contributed by atoms with E-state index in [9.17, 15) is 0 Å². The highest BCUT2D eigenvalue weighted by Gasteiger charge is 2.24. The van der Waals surface area contributed by atoms with Crippen LogP contribution in [0.3, 0.4) is 0 Å². The molecule has 2 aromatic rings. The summed E-state index contributed by atoms with van der Waals surface area (Å²) in [5.74, 6) is 0. The van der Waals surface area contributed by atoms with Gasteiger partial charge in [0.2, 0.25) is 0 Å². The molecule has 0 fully saturated rings. The highest BCUT2D eigenvalue weighted by molar-refractivity contribution is 6.89. The molecule has 0 spiro atoms. The van der Waals surface area contributed by atoms with Crippen molar-refractivity contribution in [3.63, 3.8) is 0 Å². The number of benzene rings is 1. The molecule has 23 heavy (non-hydrogen) atoms. The number of hydrogen-bond donors (Lipinski definition) is 0. The van der Waals surface area contributed by atoms with Gasteiger partial charge in [0.1, 0.15) is 0 Å². The minimum Gasteiger partial charge on any atom is -0.256 e. The first-order chi connectivity index (χ1) is 11.4. The number of hydrogen-bond acceptors (Lipinski definition) is 1. The first-order valence-electron chi connectivity index (χ1n) is 8.87. The van der Waals surface area contributed by atoms with Crippen LogP contribution in [-0.4, -0.2) is 13.1 Å². The fourth-order valence-electron chi connectivity index (χ4n) is 2.45. The first kappa shape index (κ1) is 14.7. The number of rotatable bonds is 3. The molecule has 0 amide bonds. The molecule has 0 aliphatic heterocycles. The largest absolute Gasteiger partial charge is 0.256 e. The van der Waals surface area contributed by atoms with Crippen LogP contribution in [0.2, 0.25) is 19.6 Å². The maximum atomic E-state index is 8.79. The molecule has 2 rings (SSSR count). The van der Waals surface area contributed by atoms with Crippen molar-refractivity contribution in [1.29, 1.82) is 0 Å². The van der Waals surface area contributed by atoms with Crippen molar-refractivity contribution in [2.75, 3.05) is 0 Å². The Bertz CT molecular complexity index is 825. The summed E-state index contributed by atoms with van der Waals surface area (Å²) in [7, 11) is -1.76. The van der Waals surface area contributed by atoms with Gasteiger partial charge in [-0.1, -0.05) is 58.6 Å². The van der Waals surface area contributed by atoms with Gasteiger partial charge in [-0.2, -0.15) is 0 Å². The van der Waals surface area contributed by atoms with Crippen molar-refractivity contribution in [1.82, 2.24) is 4.98 Å². The van der Waals surface area contributed by atoms with E-state index in [4.69, 9.17) is 9.31 Å². The van der Waals surface area contributed by atoms with Gasteiger partial charge in [-0.25, -0.2) is 4.85 Å². The molecular formula is C20H26N2Si. The van der Waals surface area contributed by atoms with Crippen LogP contribution in [0.5, 0.6) is 0 Å². The van der Waals surface area contributed by atoms with Gasteiger partial charge in [-0.05, 0) is 40.2 Å². The minimum absolute atomic E-state index is 0.529. The number of pyridine rings is 1. The van der Waals surface area contributed by atoms with Crippen LogP contribution in [-0.2, 0) is 6.37 Å². The minimum atomic E-state index is -1.76. The van der Waals surface area contributed by atoms with Gasteiger partial charge < -0.3 is 0 Å². The predicted molar refractivity (Wildman–Crippen MR) is 102 cm³/mol. The van der Waals surface area contributed by atoms with Gasteiger partial charge in [-0.15, -0.1) is 0 Å². The van der Waals surface area contributed by atoms with Crippen LogP contribution in [0.15, 0.2) is 36.5 Å². The summed E-state index contributed by atoms with van der Waals surface area (Å²) < 4.78 is 17.6. The predicted octanol–water partition coefficient (Wildman–Crippen LogP) is 5.43. The van der Waals surface area contributed by atoms with E-state index >= 15 is 0 Å². The van der Waals surface area contributed by atoms with Crippen LogP contribution < -0.4 is 5.19 Å². The highest BCUT2D eigenvalue weighted by atomic mass is 28.3. The molecule has 0 saturated carbocycles. The molecule has 0 saturated heterocycles. The molecule has 1 aromatic carbocycles. The second kappa shape index (κ2) is 6.29. The Morgan fingerprint density at radius 1 is 1.22 bits per heavy atom. The maximum absolute atomic E-state index is 8.79. The zero-order valence-electron chi connectivity index (χ0n) is 16.9. The van der Waals surface area contributed by atoms with Crippen molar-refractivity contribution in [3.8, 4) is 11.3 Å². The molecular weight excluding hydrogens is 296 g/mol. The summed E-state index contributed by atoms with van der Waals surface area (Å²) in [6.07, 6.45) is 0.378. The van der Waals surface area contributed by atoms with Gasteiger partial charge in [0.05, 0.1) is 20.3 Å². The lowest BCUT2D eigenvalue weighted by molar-refractivity contribution is 0.412. The summed E-state index contributed by atoms with van der Waals surface area (Å²) >= 11 is 0. The Hall–Kier alpha value is -1.92. The molecule has 0 radical (unpaired) electrons. The van der Waals surface area contributed by atoms with Crippen LogP contribution in [0.1, 0.15) is 29.1 Å². The van der Waals surface area contributed by atoms with Gasteiger partial charge in [0, 0.05) is 8.94 Å². The molecule has 1 heterocycles. The van der Waals surface area contributed by atoms with Crippen LogP contribution >= 0.6 is 0 Å². The van der Waals surface area contributed by atoms with E-state index in [2.05, 4.69) is 29.5 Å². The van der Waals surface area contributed by atoms with E-state index < -0.39 is 19.9 Å². The van der Waals surface area contributed by atoms with E-state index in [1.807, 2.05) is 45.2 Å². The third-order valence-electron chi connectivity index (χ3n) is 3.49. The van der Waals surface area contributed by atoms with Crippen LogP contribution in [0, 0.1) is 12.0 Å². The smallest absolute Gasteiger partial charge is 0.187 e. The molecule has 1 aromatic heterocycles. The van der Waals surface area contributed by atoms with Crippen molar-refractivity contribution in [2.45, 2.75) is 46.8 Å². The fraction of sp³-hybridized carbons (Fsp3) is 0.400. The van der Waals surface area contributed by atoms with Crippen molar-refractivity contribution < 1.29 is 2.74 Å². The van der Waals surface area contributed by atoms with Crippen LogP contribution in [0.25, 0.3) is 16.1 Å². The lowest BCUT2D eigenvalue weighted by Gasteiger charge is -2.26. The average Bonchev–Trinajstić information content (AvgIpc) is 2.52. The Labute approximate surface area is 144 Å². The molecule has 0 aliphatic rings. The number of nitrogens with zero attached hydrogens (tertiary/aromatic N) is 2. The first-order valence-corrected chi connectivity index (χ1v) is 11.4. The van der Waals surface area contributed by atoms with Gasteiger partial charge in [0.15, 0.2) is 5.69 Å². The van der Waals surface area contributed by atoms with Crippen molar-refractivity contribution >= 4 is 18.9 Å². The summed E-state index contributed by atoms with van der Waals surface area (Å²) in [4.78, 5) is 8.09. The summed E-state index contributed by atoms with van der Waals surface area (Å²) in [6, 6.07) is 9.22. The Balaban J connectivity index is 2.73. The van der Waals surface area contributed by atoms with E-state index in [0.29, 0.717) is 5.69 Å². The molecule has 0 bridgehead atoms. The highest BCUT2D eigenvalue weighted by Crippen LogP contribution is 2.26. The quantitative estimate of drug-likeness (QED) is 0.543. The summed E-state index contributed by atoms with van der Waals surface area (Å²) in [6.45, 7) is 19.6. The van der Waals surface area contributed by atoms with Crippen LogP contribution in [0.4, 0.5) is 5.69 Å². The lowest BCUT2D eigenvalue weighted by Crippen LogP contribution is -2.41. The number of aromatic nitrogens is 1. The maximum Gasteiger partial charge on any atom is 0.187 e. The standard InChI is InChI=1S/C20H26N2Si/c1-20(2,3)13-16-12-18(22-14-19(16)23(5,6)7)15-9-8-10-17(11-15)21-4/h8-12,14H,13H2,1-3,5-7H3/i13D2. The molecule has 120 valence electrons. The summed E-state index contributed by atoms with van der Waals surface area (Å²) in [5.41, 5.74) is 2.34. The monoisotopic (exact) mass is 324 g/mol. The van der Waals surface area contributed by atoms with Crippen molar-refractivity contribution in [2.24, 2.45) is 5.41 Å². The molecule has 0 atom stereocenters. The van der Waals surface area contributed by atoms with Crippen molar-refractivity contribution in [3.05, 3.63) is 53.5 Å². The Morgan fingerprint density at radius 3 is 2.48 bits per heavy atom. The second-order valence-electron chi connectivity index (χ2n) is 7.90. The molecule has 0 unspecified atom stereocenters. The van der Waals surface area contributed by atoms with Gasteiger partial charge >= 0.3 is 0 Å². The Kier molecular flexibility index (Phi) is 4.01. The van der Waals surface area contributed by atoms with E-state index in [1.165, 1.54) is 0 Å². The average molecular weight is 325 g/mol. The Morgan fingerprint density at radius 2 is 1.91 bits per heavy atom. The molecule has 3 heteroatoms. The SMILES string of the molecule is [2H]C([2H])(c1cc(-c2cccc([N+]#[C-])c2)ncc1[Si](C)(C)C)C(C)(C)C. The zero-order chi connectivity index (χ0) is 19.0. The van der Waals surface area contributed by atoms with E-state index in [0.717, 1.165) is 22.0 Å². The van der Waals surface area contributed by atoms with Gasteiger partial charge in [0.25, 0.3) is 0 Å². The fourth-order valence-corrected chi connectivity index (χ4v) is 3.85. The van der Waals surface area contributed by atoms with Gasteiger partial charge in [-0.3, -0.25) is 4.98 Å². The summed E-state index contributed by atoms with van der Waals surface area (Å²) in [5, 5.41) is 1.05. The van der Waals surface area contributed by atoms with E-state index in [-0.39, 0.29) is 0 Å². The lowest BCUT2D eigenvalue weighted by atomic mass is 9.88.